The van der Waals surface area contributed by atoms with Crippen LogP contribution < -0.4 is 11.1 Å². The van der Waals surface area contributed by atoms with Crippen LogP contribution in [0, 0.1) is 5.92 Å². The average Bonchev–Trinajstić information content (AvgIpc) is 2.61. The van der Waals surface area contributed by atoms with E-state index in [0.717, 1.165) is 43.5 Å². The van der Waals surface area contributed by atoms with Crippen LogP contribution in [0.5, 0.6) is 0 Å². The maximum absolute atomic E-state index is 12.5. The SMILES string of the molecule is CCCC(C)NC(=O)C1CCCN(C(=O)CCc2ccccc2N)C1.Cl. The van der Waals surface area contributed by atoms with Gasteiger partial charge in [-0.2, -0.15) is 0 Å². The molecule has 0 saturated carbocycles. The monoisotopic (exact) mass is 381 g/mol. The topological polar surface area (TPSA) is 75.4 Å². The van der Waals surface area contributed by atoms with Gasteiger partial charge >= 0.3 is 0 Å². The number of nitrogens with two attached hydrogens (primary N) is 1. The Bertz CT molecular complexity index is 594. The third kappa shape index (κ3) is 6.52. The van der Waals surface area contributed by atoms with Gasteiger partial charge in [-0.25, -0.2) is 0 Å². The van der Waals surface area contributed by atoms with Crippen molar-refractivity contribution in [1.82, 2.24) is 10.2 Å². The van der Waals surface area contributed by atoms with Crippen molar-refractivity contribution in [3.05, 3.63) is 29.8 Å². The number of halogens is 1. The van der Waals surface area contributed by atoms with Crippen molar-refractivity contribution in [2.75, 3.05) is 18.8 Å². The van der Waals surface area contributed by atoms with E-state index in [2.05, 4.69) is 12.2 Å². The Hall–Kier alpha value is -1.75. The summed E-state index contributed by atoms with van der Waals surface area (Å²) in [6.07, 6.45) is 4.87. The number of carbonyl (C=O) groups excluding carboxylic acids is 2. The highest BCUT2D eigenvalue weighted by Gasteiger charge is 2.28. The number of likely N-dealkylation sites (tertiary alicyclic amines) is 1. The van der Waals surface area contributed by atoms with Gasteiger partial charge in [-0.15, -0.1) is 12.4 Å². The molecule has 1 saturated heterocycles. The summed E-state index contributed by atoms with van der Waals surface area (Å²) in [5, 5.41) is 3.08. The van der Waals surface area contributed by atoms with Crippen molar-refractivity contribution in [2.24, 2.45) is 5.92 Å². The second kappa shape index (κ2) is 11.1. The highest BCUT2D eigenvalue weighted by molar-refractivity contribution is 5.85. The summed E-state index contributed by atoms with van der Waals surface area (Å²) in [6.45, 7) is 5.44. The van der Waals surface area contributed by atoms with Crippen molar-refractivity contribution in [3.63, 3.8) is 0 Å². The third-order valence-corrected chi connectivity index (χ3v) is 4.92. The Kier molecular flexibility index (Phi) is 9.49. The highest BCUT2D eigenvalue weighted by atomic mass is 35.5. The van der Waals surface area contributed by atoms with Crippen LogP contribution in [0.1, 0.15) is 51.5 Å². The zero-order chi connectivity index (χ0) is 18.2. The lowest BCUT2D eigenvalue weighted by molar-refractivity contribution is -0.135. The number of nitrogen functional groups attached to an aromatic ring is 1. The lowest BCUT2D eigenvalue weighted by Crippen LogP contribution is -2.47. The summed E-state index contributed by atoms with van der Waals surface area (Å²) in [5.74, 6) is 0.118. The largest absolute Gasteiger partial charge is 0.399 e. The number of aryl methyl sites for hydroxylation is 1. The first kappa shape index (κ1) is 22.3. The molecule has 6 heteroatoms. The Balaban J connectivity index is 0.00000338. The second-order valence-electron chi connectivity index (χ2n) is 7.08. The molecule has 2 atom stereocenters. The van der Waals surface area contributed by atoms with Crippen LogP contribution in [0.4, 0.5) is 5.69 Å². The van der Waals surface area contributed by atoms with E-state index in [4.69, 9.17) is 5.73 Å². The van der Waals surface area contributed by atoms with E-state index in [1.165, 1.54) is 0 Å². The maximum Gasteiger partial charge on any atom is 0.225 e. The number of carbonyl (C=O) groups is 2. The Morgan fingerprint density at radius 2 is 2.08 bits per heavy atom. The average molecular weight is 382 g/mol. The molecule has 0 aromatic heterocycles. The number of rotatable bonds is 7. The molecule has 0 aliphatic carbocycles. The zero-order valence-corrected chi connectivity index (χ0v) is 16.7. The summed E-state index contributed by atoms with van der Waals surface area (Å²) in [4.78, 5) is 26.8. The first-order valence-electron chi connectivity index (χ1n) is 9.42. The van der Waals surface area contributed by atoms with Gasteiger partial charge in [0.15, 0.2) is 0 Å². The van der Waals surface area contributed by atoms with E-state index >= 15 is 0 Å². The minimum atomic E-state index is -0.0844. The van der Waals surface area contributed by atoms with E-state index in [9.17, 15) is 9.59 Å². The van der Waals surface area contributed by atoms with Gasteiger partial charge in [0, 0.05) is 31.2 Å². The van der Waals surface area contributed by atoms with Gasteiger partial charge in [-0.3, -0.25) is 9.59 Å². The number of benzene rings is 1. The number of piperidine rings is 1. The van der Waals surface area contributed by atoms with Crippen LogP contribution in [-0.2, 0) is 16.0 Å². The lowest BCUT2D eigenvalue weighted by Gasteiger charge is -2.32. The number of anilines is 1. The first-order chi connectivity index (χ1) is 12.0. The molecule has 2 amide bonds. The zero-order valence-electron chi connectivity index (χ0n) is 15.9. The van der Waals surface area contributed by atoms with Crippen LogP contribution in [0.15, 0.2) is 24.3 Å². The number of amides is 2. The normalized spacial score (nSPS) is 17.9. The Morgan fingerprint density at radius 1 is 1.35 bits per heavy atom. The number of nitrogens with one attached hydrogen (secondary N) is 1. The maximum atomic E-state index is 12.5. The molecular weight excluding hydrogens is 350 g/mol. The molecule has 0 radical (unpaired) electrons. The van der Waals surface area contributed by atoms with Crippen LogP contribution >= 0.6 is 12.4 Å². The molecule has 1 fully saturated rings. The standard InChI is InChI=1S/C20H31N3O2.ClH/c1-3-7-15(2)22-20(25)17-9-6-13-23(14-17)19(24)12-11-16-8-4-5-10-18(16)21;/h4-5,8,10,15,17H,3,6-7,9,11-14,21H2,1-2H3,(H,22,25);1H. The van der Waals surface area contributed by atoms with Crippen molar-refractivity contribution in [2.45, 2.75) is 58.4 Å². The molecule has 26 heavy (non-hydrogen) atoms. The number of para-hydroxylation sites is 1. The van der Waals surface area contributed by atoms with Crippen molar-refractivity contribution >= 4 is 29.9 Å². The summed E-state index contributed by atoms with van der Waals surface area (Å²) in [6, 6.07) is 7.86. The molecule has 5 nitrogen and oxygen atoms in total. The van der Waals surface area contributed by atoms with Crippen LogP contribution in [0.2, 0.25) is 0 Å². The predicted octanol–water partition coefficient (Wildman–Crippen LogP) is 3.17. The minimum Gasteiger partial charge on any atom is -0.399 e. The molecule has 2 unspecified atom stereocenters. The van der Waals surface area contributed by atoms with Gasteiger partial charge in [0.1, 0.15) is 0 Å². The number of hydrogen-bond acceptors (Lipinski definition) is 3. The highest BCUT2D eigenvalue weighted by Crippen LogP contribution is 2.19. The van der Waals surface area contributed by atoms with Gasteiger partial charge in [0.25, 0.3) is 0 Å². The molecule has 1 aromatic rings. The van der Waals surface area contributed by atoms with Gasteiger partial charge in [0.05, 0.1) is 5.92 Å². The summed E-state index contributed by atoms with van der Waals surface area (Å²) in [5.41, 5.74) is 7.68. The van der Waals surface area contributed by atoms with Gasteiger partial charge in [0.2, 0.25) is 11.8 Å². The number of nitrogens with zero attached hydrogens (tertiary/aromatic N) is 1. The fourth-order valence-electron chi connectivity index (χ4n) is 3.45. The van der Waals surface area contributed by atoms with Crippen molar-refractivity contribution in [3.8, 4) is 0 Å². The summed E-state index contributed by atoms with van der Waals surface area (Å²) >= 11 is 0. The molecule has 1 aliphatic heterocycles. The molecule has 2 rings (SSSR count). The third-order valence-electron chi connectivity index (χ3n) is 4.92. The molecule has 3 N–H and O–H groups in total. The molecular formula is C20H32ClN3O2. The van der Waals surface area contributed by atoms with Gasteiger partial charge < -0.3 is 16.0 Å². The molecule has 0 bridgehead atoms. The van der Waals surface area contributed by atoms with Gasteiger partial charge in [-0.05, 0) is 44.2 Å². The van der Waals surface area contributed by atoms with Crippen LogP contribution in [-0.4, -0.2) is 35.8 Å². The molecule has 0 spiro atoms. The molecule has 1 heterocycles. The Labute approximate surface area is 163 Å². The molecule has 146 valence electrons. The van der Waals surface area contributed by atoms with Crippen LogP contribution in [0.25, 0.3) is 0 Å². The van der Waals surface area contributed by atoms with E-state index in [-0.39, 0.29) is 36.2 Å². The van der Waals surface area contributed by atoms with E-state index < -0.39 is 0 Å². The van der Waals surface area contributed by atoms with Crippen LogP contribution in [0.3, 0.4) is 0 Å². The molecule has 1 aromatic carbocycles. The quantitative estimate of drug-likeness (QED) is 0.712. The van der Waals surface area contributed by atoms with E-state index in [1.54, 1.807) is 0 Å². The smallest absolute Gasteiger partial charge is 0.225 e. The van der Waals surface area contributed by atoms with Gasteiger partial charge in [-0.1, -0.05) is 31.5 Å². The van der Waals surface area contributed by atoms with Crippen molar-refractivity contribution < 1.29 is 9.59 Å². The Morgan fingerprint density at radius 3 is 2.77 bits per heavy atom. The second-order valence-corrected chi connectivity index (χ2v) is 7.08. The van der Waals surface area contributed by atoms with E-state index in [1.807, 2.05) is 36.1 Å². The predicted molar refractivity (Wildman–Crippen MR) is 108 cm³/mol. The van der Waals surface area contributed by atoms with Crippen molar-refractivity contribution in [1.29, 1.82) is 0 Å². The van der Waals surface area contributed by atoms with E-state index in [0.29, 0.717) is 19.4 Å². The summed E-state index contributed by atoms with van der Waals surface area (Å²) in [7, 11) is 0. The first-order valence-corrected chi connectivity index (χ1v) is 9.42. The number of hydrogen-bond donors (Lipinski definition) is 2. The molecule has 1 aliphatic rings. The fraction of sp³-hybridized carbons (Fsp3) is 0.600. The fourth-order valence-corrected chi connectivity index (χ4v) is 3.45. The lowest BCUT2D eigenvalue weighted by atomic mass is 9.96. The summed E-state index contributed by atoms with van der Waals surface area (Å²) < 4.78 is 0. The minimum absolute atomic E-state index is 0.